The lowest BCUT2D eigenvalue weighted by molar-refractivity contribution is -0.127. The maximum atomic E-state index is 11.8. The van der Waals surface area contributed by atoms with Gasteiger partial charge in [-0.1, -0.05) is 13.8 Å². The highest BCUT2D eigenvalue weighted by Crippen LogP contribution is 2.16. The molecule has 0 bridgehead atoms. The van der Waals surface area contributed by atoms with E-state index in [1.807, 2.05) is 27.7 Å². The van der Waals surface area contributed by atoms with Crippen LogP contribution in [0.4, 0.5) is 5.69 Å². The molecule has 0 aliphatic heterocycles. The van der Waals surface area contributed by atoms with Gasteiger partial charge in [0.15, 0.2) is 0 Å². The van der Waals surface area contributed by atoms with Crippen LogP contribution in [0.5, 0.6) is 5.75 Å². The first kappa shape index (κ1) is 18.0. The van der Waals surface area contributed by atoms with Crippen LogP contribution in [-0.2, 0) is 9.59 Å². The highest BCUT2D eigenvalue weighted by Gasteiger charge is 2.14. The van der Waals surface area contributed by atoms with Crippen molar-refractivity contribution >= 4 is 17.5 Å². The summed E-state index contributed by atoms with van der Waals surface area (Å²) in [6.07, 6.45) is 1.67. The molecule has 0 heterocycles. The molecule has 2 N–H and O–H groups in total. The van der Waals surface area contributed by atoms with Crippen molar-refractivity contribution in [3.8, 4) is 5.75 Å². The number of nitrogens with one attached hydrogen (secondary N) is 2. The van der Waals surface area contributed by atoms with Crippen LogP contribution in [0, 0.1) is 5.92 Å². The smallest absolute Gasteiger partial charge is 0.243 e. The van der Waals surface area contributed by atoms with Gasteiger partial charge in [0.25, 0.3) is 0 Å². The van der Waals surface area contributed by atoms with Crippen molar-refractivity contribution in [3.63, 3.8) is 0 Å². The van der Waals surface area contributed by atoms with E-state index < -0.39 is 0 Å². The van der Waals surface area contributed by atoms with E-state index in [4.69, 9.17) is 4.74 Å². The second kappa shape index (κ2) is 9.07. The van der Waals surface area contributed by atoms with E-state index in [0.29, 0.717) is 5.69 Å². The van der Waals surface area contributed by atoms with Crippen molar-refractivity contribution in [2.45, 2.75) is 46.6 Å². The Bertz CT molecular complexity index is 479. The van der Waals surface area contributed by atoms with Gasteiger partial charge in [-0.2, -0.15) is 0 Å². The van der Waals surface area contributed by atoms with Gasteiger partial charge in [0.1, 0.15) is 5.75 Å². The van der Waals surface area contributed by atoms with E-state index in [9.17, 15) is 9.59 Å². The second-order valence-electron chi connectivity index (χ2n) is 5.47. The van der Waals surface area contributed by atoms with Gasteiger partial charge in [-0.15, -0.1) is 0 Å². The molecule has 0 unspecified atom stereocenters. The SMILES string of the molecule is CCC(CC)C(=O)NCC(=O)Nc1ccc(OC(C)C)cc1. The quantitative estimate of drug-likeness (QED) is 0.776. The summed E-state index contributed by atoms with van der Waals surface area (Å²) < 4.78 is 5.53. The molecule has 0 saturated heterocycles. The molecule has 22 heavy (non-hydrogen) atoms. The summed E-state index contributed by atoms with van der Waals surface area (Å²) in [5.41, 5.74) is 0.679. The highest BCUT2D eigenvalue weighted by molar-refractivity contribution is 5.94. The Morgan fingerprint density at radius 3 is 2.18 bits per heavy atom. The fourth-order valence-electron chi connectivity index (χ4n) is 2.07. The number of hydrogen-bond acceptors (Lipinski definition) is 3. The van der Waals surface area contributed by atoms with Crippen LogP contribution in [0.2, 0.25) is 0 Å². The van der Waals surface area contributed by atoms with Gasteiger partial charge in [0.05, 0.1) is 12.6 Å². The van der Waals surface area contributed by atoms with Crippen LogP contribution >= 0.6 is 0 Å². The molecule has 2 amide bonds. The summed E-state index contributed by atoms with van der Waals surface area (Å²) in [7, 11) is 0. The van der Waals surface area contributed by atoms with E-state index in [0.717, 1.165) is 18.6 Å². The molecule has 5 heteroatoms. The molecule has 0 aliphatic carbocycles. The normalized spacial score (nSPS) is 10.6. The number of rotatable bonds is 8. The minimum atomic E-state index is -0.239. The van der Waals surface area contributed by atoms with Gasteiger partial charge in [0.2, 0.25) is 11.8 Å². The van der Waals surface area contributed by atoms with Gasteiger partial charge in [0, 0.05) is 11.6 Å². The molecule has 0 saturated carbocycles. The molecule has 1 aromatic carbocycles. The predicted octanol–water partition coefficient (Wildman–Crippen LogP) is 2.96. The first-order valence-electron chi connectivity index (χ1n) is 7.80. The van der Waals surface area contributed by atoms with Gasteiger partial charge in [-0.25, -0.2) is 0 Å². The summed E-state index contributed by atoms with van der Waals surface area (Å²) in [4.78, 5) is 23.6. The van der Waals surface area contributed by atoms with Gasteiger partial charge in [-0.3, -0.25) is 9.59 Å². The van der Waals surface area contributed by atoms with Crippen LogP contribution in [0.15, 0.2) is 24.3 Å². The molecule has 122 valence electrons. The van der Waals surface area contributed by atoms with Crippen molar-refractivity contribution in [1.82, 2.24) is 5.32 Å². The Morgan fingerprint density at radius 2 is 1.68 bits per heavy atom. The maximum Gasteiger partial charge on any atom is 0.243 e. The lowest BCUT2D eigenvalue weighted by Gasteiger charge is -2.13. The number of amides is 2. The number of anilines is 1. The van der Waals surface area contributed by atoms with Gasteiger partial charge in [-0.05, 0) is 51.0 Å². The van der Waals surface area contributed by atoms with Crippen molar-refractivity contribution in [1.29, 1.82) is 0 Å². The molecule has 0 fully saturated rings. The average Bonchev–Trinajstić information content (AvgIpc) is 2.48. The van der Waals surface area contributed by atoms with Crippen molar-refractivity contribution in [2.75, 3.05) is 11.9 Å². The number of hydrogen-bond donors (Lipinski definition) is 2. The van der Waals surface area contributed by atoms with Crippen molar-refractivity contribution in [2.24, 2.45) is 5.92 Å². The summed E-state index contributed by atoms with van der Waals surface area (Å²) in [5, 5.41) is 5.41. The Hall–Kier alpha value is -2.04. The van der Waals surface area contributed by atoms with Gasteiger partial charge >= 0.3 is 0 Å². The second-order valence-corrected chi connectivity index (χ2v) is 5.47. The van der Waals surface area contributed by atoms with Crippen LogP contribution in [-0.4, -0.2) is 24.5 Å². The lowest BCUT2D eigenvalue weighted by Crippen LogP contribution is -2.36. The van der Waals surface area contributed by atoms with E-state index in [1.54, 1.807) is 24.3 Å². The minimum absolute atomic E-state index is 0.0143. The summed E-state index contributed by atoms with van der Waals surface area (Å²) in [5.74, 6) is 0.424. The van der Waals surface area contributed by atoms with E-state index in [-0.39, 0.29) is 30.4 Å². The third-order valence-corrected chi connectivity index (χ3v) is 3.29. The van der Waals surface area contributed by atoms with Gasteiger partial charge < -0.3 is 15.4 Å². The Labute approximate surface area is 132 Å². The maximum absolute atomic E-state index is 11.8. The van der Waals surface area contributed by atoms with Crippen LogP contribution in [0.3, 0.4) is 0 Å². The van der Waals surface area contributed by atoms with Crippen molar-refractivity contribution < 1.29 is 14.3 Å². The van der Waals surface area contributed by atoms with E-state index >= 15 is 0 Å². The number of ether oxygens (including phenoxy) is 1. The average molecular weight is 306 g/mol. The molecule has 0 spiro atoms. The van der Waals surface area contributed by atoms with E-state index in [1.165, 1.54) is 0 Å². The first-order valence-corrected chi connectivity index (χ1v) is 7.80. The lowest BCUT2D eigenvalue weighted by atomic mass is 10.0. The molecular formula is C17H26N2O3. The molecule has 5 nitrogen and oxygen atoms in total. The fraction of sp³-hybridized carbons (Fsp3) is 0.529. The first-order chi connectivity index (χ1) is 10.5. The zero-order chi connectivity index (χ0) is 16.5. The Morgan fingerprint density at radius 1 is 1.09 bits per heavy atom. The van der Waals surface area contributed by atoms with Crippen LogP contribution < -0.4 is 15.4 Å². The molecule has 0 aliphatic rings. The summed E-state index contributed by atoms with van der Waals surface area (Å²) in [6, 6.07) is 7.16. The van der Waals surface area contributed by atoms with Crippen LogP contribution in [0.1, 0.15) is 40.5 Å². The summed E-state index contributed by atoms with van der Waals surface area (Å²) in [6.45, 7) is 7.83. The molecule has 0 radical (unpaired) electrons. The third kappa shape index (κ3) is 6.16. The number of carbonyl (C=O) groups is 2. The minimum Gasteiger partial charge on any atom is -0.491 e. The predicted molar refractivity (Wildman–Crippen MR) is 87.9 cm³/mol. The largest absolute Gasteiger partial charge is 0.491 e. The molecule has 0 atom stereocenters. The monoisotopic (exact) mass is 306 g/mol. The topological polar surface area (TPSA) is 67.4 Å². The standard InChI is InChI=1S/C17H26N2O3/c1-5-13(6-2)17(21)18-11-16(20)19-14-7-9-15(10-8-14)22-12(3)4/h7-10,12-13H,5-6,11H2,1-4H3,(H,18,21)(H,19,20). The van der Waals surface area contributed by atoms with Crippen LogP contribution in [0.25, 0.3) is 0 Å². The van der Waals surface area contributed by atoms with Crippen molar-refractivity contribution in [3.05, 3.63) is 24.3 Å². The molecule has 1 rings (SSSR count). The Balaban J connectivity index is 2.43. The number of carbonyl (C=O) groups excluding carboxylic acids is 2. The molecule has 1 aromatic rings. The number of benzene rings is 1. The Kier molecular flexibility index (Phi) is 7.43. The highest BCUT2D eigenvalue weighted by atomic mass is 16.5. The summed E-state index contributed by atoms with van der Waals surface area (Å²) >= 11 is 0. The third-order valence-electron chi connectivity index (χ3n) is 3.29. The fourth-order valence-corrected chi connectivity index (χ4v) is 2.07. The molecular weight excluding hydrogens is 280 g/mol. The molecule has 0 aromatic heterocycles. The van der Waals surface area contributed by atoms with E-state index in [2.05, 4.69) is 10.6 Å². The zero-order valence-corrected chi connectivity index (χ0v) is 13.8. The zero-order valence-electron chi connectivity index (χ0n) is 13.8.